The Hall–Kier alpha value is -3.23. The van der Waals surface area contributed by atoms with E-state index in [1.807, 2.05) is 0 Å². The maximum Gasteiger partial charge on any atom is 0.341 e. The molecule has 0 amide bonds. The summed E-state index contributed by atoms with van der Waals surface area (Å²) in [5, 5.41) is 16.2. The molecule has 8 nitrogen and oxygen atoms in total. The van der Waals surface area contributed by atoms with Crippen LogP contribution in [-0.4, -0.2) is 30.7 Å². The maximum absolute atomic E-state index is 13.5. The fraction of sp³-hybridized carbons (Fsp3) is 0.200. The largest absolute Gasteiger partial charge is 0.477 e. The Morgan fingerprint density at radius 3 is 2.96 bits per heavy atom. The van der Waals surface area contributed by atoms with Crippen molar-refractivity contribution in [3.8, 4) is 0 Å². The zero-order valence-electron chi connectivity index (χ0n) is 12.3. The summed E-state index contributed by atoms with van der Waals surface area (Å²) in [6.45, 7) is 0. The molecule has 0 spiro atoms. The predicted octanol–water partition coefficient (Wildman–Crippen LogP) is 1.36. The van der Waals surface area contributed by atoms with E-state index in [1.54, 1.807) is 12.3 Å². The third kappa shape index (κ3) is 2.21. The van der Waals surface area contributed by atoms with Crippen LogP contribution in [0.15, 0.2) is 35.5 Å². The van der Waals surface area contributed by atoms with E-state index in [0.29, 0.717) is 24.2 Å². The van der Waals surface area contributed by atoms with Gasteiger partial charge in [0.05, 0.1) is 11.7 Å². The van der Waals surface area contributed by atoms with Crippen LogP contribution >= 0.6 is 0 Å². The zero-order chi connectivity index (χ0) is 16.9. The van der Waals surface area contributed by atoms with Gasteiger partial charge in [0.15, 0.2) is 5.65 Å². The van der Waals surface area contributed by atoms with E-state index in [2.05, 4.69) is 20.4 Å². The molecule has 0 bridgehead atoms. The second-order valence-electron chi connectivity index (χ2n) is 5.71. The standard InChI is InChI=1S/C15H12FN5O3/c16-8-5-10(13(22)17-6-8)15(2-3-15)20-11-1-4-21-12(19-11)9(7-18-21)14(23)24/h1,4-7H,2-3H2,(H,17,22)(H,19,20)(H,23,24). The Kier molecular flexibility index (Phi) is 2.92. The van der Waals surface area contributed by atoms with Crippen molar-refractivity contribution in [3.63, 3.8) is 0 Å². The number of rotatable bonds is 4. The smallest absolute Gasteiger partial charge is 0.341 e. The van der Waals surface area contributed by atoms with Crippen molar-refractivity contribution in [2.75, 3.05) is 5.32 Å². The van der Waals surface area contributed by atoms with Gasteiger partial charge < -0.3 is 15.4 Å². The van der Waals surface area contributed by atoms with Gasteiger partial charge >= 0.3 is 5.97 Å². The lowest BCUT2D eigenvalue weighted by atomic mass is 10.1. The van der Waals surface area contributed by atoms with Crippen molar-refractivity contribution in [1.82, 2.24) is 19.6 Å². The first-order valence-corrected chi connectivity index (χ1v) is 7.23. The van der Waals surface area contributed by atoms with Gasteiger partial charge in [-0.25, -0.2) is 18.7 Å². The van der Waals surface area contributed by atoms with Gasteiger partial charge in [-0.2, -0.15) is 5.10 Å². The van der Waals surface area contributed by atoms with Crippen LogP contribution in [0.5, 0.6) is 0 Å². The van der Waals surface area contributed by atoms with Gasteiger partial charge in [-0.3, -0.25) is 4.79 Å². The van der Waals surface area contributed by atoms with Crippen LogP contribution in [0.1, 0.15) is 28.8 Å². The molecule has 3 aromatic heterocycles. The van der Waals surface area contributed by atoms with Gasteiger partial charge in [0.1, 0.15) is 17.2 Å². The number of aromatic carboxylic acids is 1. The normalized spacial score (nSPS) is 15.4. The highest BCUT2D eigenvalue weighted by atomic mass is 19.1. The molecule has 1 aliphatic rings. The van der Waals surface area contributed by atoms with Gasteiger partial charge in [0, 0.05) is 18.0 Å². The molecule has 122 valence electrons. The van der Waals surface area contributed by atoms with Gasteiger partial charge in [-0.1, -0.05) is 0 Å². The number of H-pyrrole nitrogens is 1. The quantitative estimate of drug-likeness (QED) is 0.666. The third-order valence-electron chi connectivity index (χ3n) is 4.10. The minimum atomic E-state index is -1.13. The number of fused-ring (bicyclic) bond motifs is 1. The monoisotopic (exact) mass is 329 g/mol. The van der Waals surface area contributed by atoms with Gasteiger partial charge in [0.25, 0.3) is 5.56 Å². The Morgan fingerprint density at radius 2 is 2.25 bits per heavy atom. The summed E-state index contributed by atoms with van der Waals surface area (Å²) in [6.07, 6.45) is 5.11. The van der Waals surface area contributed by atoms with Crippen LogP contribution < -0.4 is 10.9 Å². The molecule has 9 heteroatoms. The average molecular weight is 329 g/mol. The first-order valence-electron chi connectivity index (χ1n) is 7.23. The first-order chi connectivity index (χ1) is 11.5. The summed E-state index contributed by atoms with van der Waals surface area (Å²) >= 11 is 0. The summed E-state index contributed by atoms with van der Waals surface area (Å²) in [7, 11) is 0. The van der Waals surface area contributed by atoms with Crippen molar-refractivity contribution in [3.05, 3.63) is 58.0 Å². The summed E-state index contributed by atoms with van der Waals surface area (Å²) in [5.41, 5.74) is -0.581. The summed E-state index contributed by atoms with van der Waals surface area (Å²) in [5.74, 6) is -1.26. The van der Waals surface area contributed by atoms with E-state index in [0.717, 1.165) is 6.20 Å². The fourth-order valence-electron chi connectivity index (χ4n) is 2.73. The zero-order valence-corrected chi connectivity index (χ0v) is 12.3. The number of carboxylic acids is 1. The molecule has 0 saturated heterocycles. The molecule has 0 unspecified atom stereocenters. The number of pyridine rings is 1. The highest BCUT2D eigenvalue weighted by Gasteiger charge is 2.46. The molecule has 3 heterocycles. The van der Waals surface area contributed by atoms with Crippen molar-refractivity contribution < 1.29 is 14.3 Å². The summed E-state index contributed by atoms with van der Waals surface area (Å²) < 4.78 is 14.8. The topological polar surface area (TPSA) is 112 Å². The van der Waals surface area contributed by atoms with E-state index >= 15 is 0 Å². The third-order valence-corrected chi connectivity index (χ3v) is 4.10. The number of aromatic nitrogens is 4. The number of carbonyl (C=O) groups is 1. The highest BCUT2D eigenvalue weighted by Crippen LogP contribution is 2.46. The molecule has 3 N–H and O–H groups in total. The van der Waals surface area contributed by atoms with Gasteiger partial charge in [-0.15, -0.1) is 0 Å². The van der Waals surface area contributed by atoms with E-state index in [9.17, 15) is 14.0 Å². The lowest BCUT2D eigenvalue weighted by molar-refractivity contribution is 0.0699. The Bertz CT molecular complexity index is 1020. The Labute approximate surface area is 134 Å². The molecule has 0 atom stereocenters. The second-order valence-corrected chi connectivity index (χ2v) is 5.71. The van der Waals surface area contributed by atoms with E-state index in [4.69, 9.17) is 5.11 Å². The second kappa shape index (κ2) is 4.88. The minimum absolute atomic E-state index is 0.0212. The molecular weight excluding hydrogens is 317 g/mol. The van der Waals surface area contributed by atoms with Crippen LogP contribution in [-0.2, 0) is 5.54 Å². The van der Waals surface area contributed by atoms with Gasteiger partial charge in [0.2, 0.25) is 0 Å². The number of anilines is 1. The minimum Gasteiger partial charge on any atom is -0.477 e. The van der Waals surface area contributed by atoms with Crippen LogP contribution in [0.4, 0.5) is 10.2 Å². The fourth-order valence-corrected chi connectivity index (χ4v) is 2.73. The molecule has 0 radical (unpaired) electrons. The van der Waals surface area contributed by atoms with E-state index in [1.165, 1.54) is 16.8 Å². The maximum atomic E-state index is 13.5. The van der Waals surface area contributed by atoms with Crippen LogP contribution in [0.3, 0.4) is 0 Å². The number of nitrogens with zero attached hydrogens (tertiary/aromatic N) is 3. The molecule has 0 aliphatic heterocycles. The number of hydrogen-bond acceptors (Lipinski definition) is 5. The molecule has 3 aromatic rings. The van der Waals surface area contributed by atoms with Gasteiger partial charge in [-0.05, 0) is 25.0 Å². The average Bonchev–Trinajstić information content (AvgIpc) is 3.19. The summed E-state index contributed by atoms with van der Waals surface area (Å²) in [6, 6.07) is 2.83. The number of carboxylic acid groups (broad SMARTS) is 1. The highest BCUT2D eigenvalue weighted by molar-refractivity contribution is 5.94. The molecular formula is C15H12FN5O3. The number of halogens is 1. The van der Waals surface area contributed by atoms with Crippen molar-refractivity contribution >= 4 is 17.4 Å². The van der Waals surface area contributed by atoms with E-state index in [-0.39, 0.29) is 16.8 Å². The van der Waals surface area contributed by atoms with Crippen molar-refractivity contribution in [2.45, 2.75) is 18.4 Å². The number of nitrogens with one attached hydrogen (secondary N) is 2. The van der Waals surface area contributed by atoms with Crippen molar-refractivity contribution in [1.29, 1.82) is 0 Å². The summed E-state index contributed by atoms with van der Waals surface area (Å²) in [4.78, 5) is 29.8. The van der Waals surface area contributed by atoms with Crippen molar-refractivity contribution in [2.24, 2.45) is 0 Å². The van der Waals surface area contributed by atoms with E-state index < -0.39 is 17.3 Å². The molecule has 4 rings (SSSR count). The molecule has 0 aromatic carbocycles. The molecule has 1 fully saturated rings. The number of hydrogen-bond donors (Lipinski definition) is 3. The first kappa shape index (κ1) is 14.4. The molecule has 1 aliphatic carbocycles. The lowest BCUT2D eigenvalue weighted by Crippen LogP contribution is -2.28. The molecule has 1 saturated carbocycles. The Balaban J connectivity index is 1.74. The number of aromatic amines is 1. The van der Waals surface area contributed by atoms with Crippen LogP contribution in [0, 0.1) is 5.82 Å². The van der Waals surface area contributed by atoms with Crippen LogP contribution in [0.2, 0.25) is 0 Å². The molecule has 24 heavy (non-hydrogen) atoms. The predicted molar refractivity (Wildman–Crippen MR) is 81.5 cm³/mol. The lowest BCUT2D eigenvalue weighted by Gasteiger charge is -2.17. The Morgan fingerprint density at radius 1 is 1.46 bits per heavy atom. The van der Waals surface area contributed by atoms with Crippen LogP contribution in [0.25, 0.3) is 5.65 Å². The SMILES string of the molecule is O=C(O)c1cnn2ccc(NC3(c4cc(F)c[nH]c4=O)CC3)nc12.